The van der Waals surface area contributed by atoms with Crippen LogP contribution in [0.5, 0.6) is 0 Å². The SMILES string of the molecule is CCNC(C)(C)c1nc(-c2ccc(Br)cc2)no1. The van der Waals surface area contributed by atoms with Crippen LogP contribution in [0.15, 0.2) is 33.3 Å². The molecule has 1 N–H and O–H groups in total. The molecule has 0 saturated heterocycles. The Morgan fingerprint density at radius 2 is 1.94 bits per heavy atom. The van der Waals surface area contributed by atoms with Gasteiger partial charge in [-0.2, -0.15) is 4.98 Å². The monoisotopic (exact) mass is 309 g/mol. The van der Waals surface area contributed by atoms with Gasteiger partial charge in [0.15, 0.2) is 0 Å². The average Bonchev–Trinajstić information content (AvgIpc) is 2.80. The first-order chi connectivity index (χ1) is 8.53. The van der Waals surface area contributed by atoms with Crippen molar-refractivity contribution in [1.29, 1.82) is 0 Å². The second-order valence-electron chi connectivity index (χ2n) is 4.59. The molecule has 0 fully saturated rings. The zero-order valence-electron chi connectivity index (χ0n) is 10.7. The molecule has 0 amide bonds. The van der Waals surface area contributed by atoms with E-state index < -0.39 is 0 Å². The molecular weight excluding hydrogens is 294 g/mol. The smallest absolute Gasteiger partial charge is 0.246 e. The lowest BCUT2D eigenvalue weighted by Crippen LogP contribution is -2.36. The van der Waals surface area contributed by atoms with Gasteiger partial charge in [0, 0.05) is 10.0 Å². The molecule has 1 aromatic carbocycles. The lowest BCUT2D eigenvalue weighted by atomic mass is 10.1. The number of halogens is 1. The minimum absolute atomic E-state index is 0.310. The van der Waals surface area contributed by atoms with Crippen LogP contribution in [-0.4, -0.2) is 16.7 Å². The van der Waals surface area contributed by atoms with Gasteiger partial charge in [0.1, 0.15) is 0 Å². The summed E-state index contributed by atoms with van der Waals surface area (Å²) in [6.45, 7) is 6.95. The Bertz CT molecular complexity index is 519. The molecule has 4 nitrogen and oxygen atoms in total. The number of nitrogens with one attached hydrogen (secondary N) is 1. The molecule has 2 rings (SSSR count). The van der Waals surface area contributed by atoms with Gasteiger partial charge in [-0.05, 0) is 44.7 Å². The fourth-order valence-electron chi connectivity index (χ4n) is 1.71. The molecule has 0 spiro atoms. The molecule has 0 saturated carbocycles. The van der Waals surface area contributed by atoms with E-state index in [9.17, 15) is 0 Å². The summed E-state index contributed by atoms with van der Waals surface area (Å²) in [7, 11) is 0. The molecule has 5 heteroatoms. The van der Waals surface area contributed by atoms with E-state index in [1.165, 1.54) is 0 Å². The van der Waals surface area contributed by atoms with Crippen molar-refractivity contribution in [2.24, 2.45) is 0 Å². The van der Waals surface area contributed by atoms with E-state index in [1.54, 1.807) is 0 Å². The summed E-state index contributed by atoms with van der Waals surface area (Å²) in [4.78, 5) is 4.44. The van der Waals surface area contributed by atoms with Crippen molar-refractivity contribution in [2.75, 3.05) is 6.54 Å². The molecule has 0 unspecified atom stereocenters. The lowest BCUT2D eigenvalue weighted by Gasteiger charge is -2.20. The minimum atomic E-state index is -0.310. The van der Waals surface area contributed by atoms with E-state index in [-0.39, 0.29) is 5.54 Å². The Morgan fingerprint density at radius 1 is 1.28 bits per heavy atom. The highest BCUT2D eigenvalue weighted by atomic mass is 79.9. The molecule has 2 aromatic rings. The summed E-state index contributed by atoms with van der Waals surface area (Å²) in [6, 6.07) is 7.83. The number of hydrogen-bond donors (Lipinski definition) is 1. The van der Waals surface area contributed by atoms with E-state index in [4.69, 9.17) is 4.52 Å². The third-order valence-electron chi connectivity index (χ3n) is 2.68. The maximum Gasteiger partial charge on any atom is 0.246 e. The number of hydrogen-bond acceptors (Lipinski definition) is 4. The Morgan fingerprint density at radius 3 is 2.56 bits per heavy atom. The Hall–Kier alpha value is -1.20. The van der Waals surface area contributed by atoms with Gasteiger partial charge in [-0.15, -0.1) is 0 Å². The highest BCUT2D eigenvalue weighted by Crippen LogP contribution is 2.23. The van der Waals surface area contributed by atoms with E-state index in [2.05, 4.69) is 31.4 Å². The predicted molar refractivity (Wildman–Crippen MR) is 74.1 cm³/mol. The molecule has 0 aliphatic rings. The fraction of sp³-hybridized carbons (Fsp3) is 0.385. The molecule has 1 aromatic heterocycles. The van der Waals surface area contributed by atoms with Crippen LogP contribution in [0.25, 0.3) is 11.4 Å². The number of rotatable bonds is 4. The highest BCUT2D eigenvalue weighted by molar-refractivity contribution is 9.10. The van der Waals surface area contributed by atoms with E-state index >= 15 is 0 Å². The third-order valence-corrected chi connectivity index (χ3v) is 3.21. The van der Waals surface area contributed by atoms with Gasteiger partial charge in [0.05, 0.1) is 5.54 Å². The van der Waals surface area contributed by atoms with Gasteiger partial charge in [-0.25, -0.2) is 0 Å². The van der Waals surface area contributed by atoms with Gasteiger partial charge in [0.25, 0.3) is 0 Å². The van der Waals surface area contributed by atoms with Crippen molar-refractivity contribution in [3.8, 4) is 11.4 Å². The van der Waals surface area contributed by atoms with Crippen LogP contribution in [0.1, 0.15) is 26.7 Å². The van der Waals surface area contributed by atoms with Crippen molar-refractivity contribution < 1.29 is 4.52 Å². The maximum atomic E-state index is 5.33. The van der Waals surface area contributed by atoms with Gasteiger partial charge in [-0.3, -0.25) is 0 Å². The Balaban J connectivity index is 2.28. The summed E-state index contributed by atoms with van der Waals surface area (Å²) in [5.41, 5.74) is 0.635. The largest absolute Gasteiger partial charge is 0.337 e. The summed E-state index contributed by atoms with van der Waals surface area (Å²) in [6.07, 6.45) is 0. The molecule has 0 atom stereocenters. The van der Waals surface area contributed by atoms with Crippen LogP contribution in [-0.2, 0) is 5.54 Å². The van der Waals surface area contributed by atoms with Crippen molar-refractivity contribution in [1.82, 2.24) is 15.5 Å². The molecule has 0 aliphatic carbocycles. The lowest BCUT2D eigenvalue weighted by molar-refractivity contribution is 0.272. The molecular formula is C13H16BrN3O. The van der Waals surface area contributed by atoms with Crippen molar-refractivity contribution >= 4 is 15.9 Å². The Labute approximate surface area is 115 Å². The van der Waals surface area contributed by atoms with E-state index in [0.717, 1.165) is 16.6 Å². The Kier molecular flexibility index (Phi) is 3.82. The van der Waals surface area contributed by atoms with Crippen LogP contribution >= 0.6 is 15.9 Å². The first-order valence-electron chi connectivity index (χ1n) is 5.88. The van der Waals surface area contributed by atoms with Crippen LogP contribution in [0.3, 0.4) is 0 Å². The van der Waals surface area contributed by atoms with Crippen LogP contribution in [0.2, 0.25) is 0 Å². The van der Waals surface area contributed by atoms with Gasteiger partial charge in [-0.1, -0.05) is 28.0 Å². The molecule has 0 radical (unpaired) electrons. The summed E-state index contributed by atoms with van der Waals surface area (Å²) < 4.78 is 6.36. The zero-order valence-corrected chi connectivity index (χ0v) is 12.3. The van der Waals surface area contributed by atoms with Crippen LogP contribution in [0.4, 0.5) is 0 Å². The zero-order chi connectivity index (χ0) is 13.2. The average molecular weight is 310 g/mol. The first kappa shape index (κ1) is 13.2. The van der Waals surface area contributed by atoms with Gasteiger partial charge >= 0.3 is 0 Å². The summed E-state index contributed by atoms with van der Waals surface area (Å²) in [5.74, 6) is 1.21. The fourth-order valence-corrected chi connectivity index (χ4v) is 1.98. The second kappa shape index (κ2) is 5.20. The topological polar surface area (TPSA) is 51.0 Å². The first-order valence-corrected chi connectivity index (χ1v) is 6.67. The van der Waals surface area contributed by atoms with Gasteiger partial charge < -0.3 is 9.84 Å². The number of nitrogens with zero attached hydrogens (tertiary/aromatic N) is 2. The quantitative estimate of drug-likeness (QED) is 0.941. The standard InChI is InChI=1S/C13H16BrN3O/c1-4-15-13(2,3)12-16-11(17-18-12)9-5-7-10(14)8-6-9/h5-8,15H,4H2,1-3H3. The number of benzene rings is 1. The molecule has 0 aliphatic heterocycles. The minimum Gasteiger partial charge on any atom is -0.337 e. The highest BCUT2D eigenvalue weighted by Gasteiger charge is 2.26. The molecule has 96 valence electrons. The van der Waals surface area contributed by atoms with Gasteiger partial charge in [0.2, 0.25) is 11.7 Å². The molecule has 1 heterocycles. The molecule has 18 heavy (non-hydrogen) atoms. The van der Waals surface area contributed by atoms with E-state index in [0.29, 0.717) is 11.7 Å². The van der Waals surface area contributed by atoms with Crippen molar-refractivity contribution in [3.63, 3.8) is 0 Å². The summed E-state index contributed by atoms with van der Waals surface area (Å²) in [5, 5.41) is 7.33. The predicted octanol–water partition coefficient (Wildman–Crippen LogP) is 3.34. The van der Waals surface area contributed by atoms with Crippen LogP contribution in [0, 0.1) is 0 Å². The normalized spacial score (nSPS) is 11.8. The molecule has 0 bridgehead atoms. The summed E-state index contributed by atoms with van der Waals surface area (Å²) >= 11 is 3.40. The van der Waals surface area contributed by atoms with Crippen LogP contribution < -0.4 is 5.32 Å². The van der Waals surface area contributed by atoms with E-state index in [1.807, 2.05) is 45.0 Å². The maximum absolute atomic E-state index is 5.33. The number of aromatic nitrogens is 2. The van der Waals surface area contributed by atoms with Crippen molar-refractivity contribution in [2.45, 2.75) is 26.3 Å². The van der Waals surface area contributed by atoms with Crippen molar-refractivity contribution in [3.05, 3.63) is 34.6 Å². The second-order valence-corrected chi connectivity index (χ2v) is 5.50. The third kappa shape index (κ3) is 2.79.